The first-order valence-electron chi connectivity index (χ1n) is 10.8. The van der Waals surface area contributed by atoms with Gasteiger partial charge < -0.3 is 15.1 Å². The zero-order valence-corrected chi connectivity index (χ0v) is 18.9. The average molecular weight is 412 g/mol. The van der Waals surface area contributed by atoms with Gasteiger partial charge in [-0.1, -0.05) is 20.8 Å². The van der Waals surface area contributed by atoms with Gasteiger partial charge in [0.25, 0.3) is 5.91 Å². The first-order valence-corrected chi connectivity index (χ1v) is 11.6. The van der Waals surface area contributed by atoms with Crippen LogP contribution in [0.3, 0.4) is 0 Å². The summed E-state index contributed by atoms with van der Waals surface area (Å²) in [6.07, 6.45) is 3.30. The van der Waals surface area contributed by atoms with Crippen LogP contribution in [0.25, 0.3) is 0 Å². The SMILES string of the molecule is CN1CCN(c2ccc(NC(=O)c3csc4c3CCC(C(C)(C)C)C4)cc2)CC1. The molecule has 1 aromatic heterocycles. The molecule has 4 rings (SSSR count). The van der Waals surface area contributed by atoms with Gasteiger partial charge in [0.2, 0.25) is 0 Å². The van der Waals surface area contributed by atoms with Crippen LogP contribution < -0.4 is 10.2 Å². The highest BCUT2D eigenvalue weighted by atomic mass is 32.1. The van der Waals surface area contributed by atoms with Gasteiger partial charge in [0.1, 0.15) is 0 Å². The Labute approximate surface area is 178 Å². The smallest absolute Gasteiger partial charge is 0.256 e. The maximum atomic E-state index is 12.9. The lowest BCUT2D eigenvalue weighted by atomic mass is 9.72. The molecule has 1 atom stereocenters. The van der Waals surface area contributed by atoms with Crippen LogP contribution in [-0.2, 0) is 12.8 Å². The van der Waals surface area contributed by atoms with Gasteiger partial charge in [-0.2, -0.15) is 0 Å². The number of hydrogen-bond acceptors (Lipinski definition) is 4. The Bertz CT molecular complexity index is 857. The highest BCUT2D eigenvalue weighted by Gasteiger charge is 2.31. The summed E-state index contributed by atoms with van der Waals surface area (Å²) in [5.74, 6) is 0.732. The van der Waals surface area contributed by atoms with Crippen LogP contribution in [0.4, 0.5) is 11.4 Å². The van der Waals surface area contributed by atoms with Gasteiger partial charge in [-0.3, -0.25) is 4.79 Å². The third kappa shape index (κ3) is 4.51. The molecule has 2 aromatic rings. The van der Waals surface area contributed by atoms with E-state index in [1.54, 1.807) is 11.3 Å². The lowest BCUT2D eigenvalue weighted by Gasteiger charge is -2.34. The summed E-state index contributed by atoms with van der Waals surface area (Å²) >= 11 is 1.76. The van der Waals surface area contributed by atoms with Crippen molar-refractivity contribution in [2.45, 2.75) is 40.0 Å². The number of rotatable bonds is 3. The topological polar surface area (TPSA) is 35.6 Å². The quantitative estimate of drug-likeness (QED) is 0.780. The molecule has 1 saturated heterocycles. The van der Waals surface area contributed by atoms with E-state index in [9.17, 15) is 4.79 Å². The Hall–Kier alpha value is -1.85. The third-order valence-electron chi connectivity index (χ3n) is 6.62. The summed E-state index contributed by atoms with van der Waals surface area (Å²) in [6, 6.07) is 8.30. The summed E-state index contributed by atoms with van der Waals surface area (Å²) in [7, 11) is 2.17. The molecule has 0 bridgehead atoms. The molecule has 2 heterocycles. The Morgan fingerprint density at radius 2 is 1.79 bits per heavy atom. The van der Waals surface area contributed by atoms with E-state index in [1.165, 1.54) is 22.5 Å². The van der Waals surface area contributed by atoms with E-state index >= 15 is 0 Å². The Kier molecular flexibility index (Phi) is 5.71. The van der Waals surface area contributed by atoms with Crippen molar-refractivity contribution in [3.63, 3.8) is 0 Å². The standard InChI is InChI=1S/C24H33N3OS/c1-24(2,3)17-5-10-20-21(16-29-22(20)15-17)23(28)25-18-6-8-19(9-7-18)27-13-11-26(4)12-14-27/h6-9,16-17H,5,10-15H2,1-4H3,(H,25,28). The van der Waals surface area contributed by atoms with Crippen molar-refractivity contribution < 1.29 is 4.79 Å². The van der Waals surface area contributed by atoms with Crippen molar-refractivity contribution in [1.29, 1.82) is 0 Å². The molecule has 1 aliphatic carbocycles. The lowest BCUT2D eigenvalue weighted by molar-refractivity contribution is 0.102. The van der Waals surface area contributed by atoms with Crippen molar-refractivity contribution in [2.24, 2.45) is 11.3 Å². The summed E-state index contributed by atoms with van der Waals surface area (Å²) < 4.78 is 0. The Balaban J connectivity index is 1.41. The fourth-order valence-electron chi connectivity index (χ4n) is 4.46. The minimum Gasteiger partial charge on any atom is -0.369 e. The largest absolute Gasteiger partial charge is 0.369 e. The van der Waals surface area contributed by atoms with Gasteiger partial charge in [-0.25, -0.2) is 0 Å². The molecule has 0 spiro atoms. The number of fused-ring (bicyclic) bond motifs is 1. The normalized spacial score (nSPS) is 20.4. The van der Waals surface area contributed by atoms with E-state index in [4.69, 9.17) is 0 Å². The molecule has 156 valence electrons. The van der Waals surface area contributed by atoms with E-state index in [0.29, 0.717) is 11.3 Å². The van der Waals surface area contributed by atoms with Crippen LogP contribution in [-0.4, -0.2) is 44.0 Å². The number of anilines is 2. The lowest BCUT2D eigenvalue weighted by Crippen LogP contribution is -2.44. The number of nitrogens with zero attached hydrogens (tertiary/aromatic N) is 2. The number of thiophene rings is 1. The second kappa shape index (κ2) is 8.11. The molecule has 2 aliphatic rings. The van der Waals surface area contributed by atoms with E-state index in [0.717, 1.165) is 50.3 Å². The van der Waals surface area contributed by atoms with E-state index < -0.39 is 0 Å². The number of hydrogen-bond donors (Lipinski definition) is 1. The molecule has 0 saturated carbocycles. The zero-order chi connectivity index (χ0) is 20.6. The summed E-state index contributed by atoms with van der Waals surface area (Å²) in [5.41, 5.74) is 4.59. The zero-order valence-electron chi connectivity index (χ0n) is 18.1. The molecule has 5 heteroatoms. The summed E-state index contributed by atoms with van der Waals surface area (Å²) in [4.78, 5) is 19.1. The van der Waals surface area contributed by atoms with Gasteiger partial charge in [0, 0.05) is 47.8 Å². The van der Waals surface area contributed by atoms with E-state index in [2.05, 4.69) is 60.4 Å². The predicted molar refractivity (Wildman–Crippen MR) is 123 cm³/mol. The van der Waals surface area contributed by atoms with Crippen molar-refractivity contribution in [1.82, 2.24) is 4.90 Å². The predicted octanol–water partition coefficient (Wildman–Crippen LogP) is 4.90. The van der Waals surface area contributed by atoms with E-state index in [1.807, 2.05) is 12.1 Å². The Morgan fingerprint density at radius 1 is 1.10 bits per heavy atom. The number of likely N-dealkylation sites (N-methyl/N-ethyl adjacent to an activating group) is 1. The number of carbonyl (C=O) groups is 1. The third-order valence-corrected chi connectivity index (χ3v) is 7.67. The first kappa shape index (κ1) is 20.4. The first-order chi connectivity index (χ1) is 13.8. The minimum atomic E-state index is 0.0315. The van der Waals surface area contributed by atoms with Crippen LogP contribution in [0.1, 0.15) is 48.0 Å². The monoisotopic (exact) mass is 411 g/mol. The average Bonchev–Trinajstić information content (AvgIpc) is 3.12. The van der Waals surface area contributed by atoms with Gasteiger partial charge in [0.15, 0.2) is 0 Å². The highest BCUT2D eigenvalue weighted by molar-refractivity contribution is 7.10. The maximum absolute atomic E-state index is 12.9. The van der Waals surface area contributed by atoms with Gasteiger partial charge in [0.05, 0.1) is 5.56 Å². The van der Waals surface area contributed by atoms with Crippen molar-refractivity contribution >= 4 is 28.6 Å². The molecule has 1 amide bonds. The van der Waals surface area contributed by atoms with Gasteiger partial charge in [-0.05, 0) is 67.5 Å². The van der Waals surface area contributed by atoms with Crippen LogP contribution in [0.15, 0.2) is 29.6 Å². The molecular weight excluding hydrogens is 378 g/mol. The summed E-state index contributed by atoms with van der Waals surface area (Å²) in [6.45, 7) is 11.3. The number of amides is 1. The molecule has 0 radical (unpaired) electrons. The fraction of sp³-hybridized carbons (Fsp3) is 0.542. The molecule has 4 nitrogen and oxygen atoms in total. The Morgan fingerprint density at radius 3 is 2.45 bits per heavy atom. The molecule has 1 N–H and O–H groups in total. The van der Waals surface area contributed by atoms with Crippen molar-refractivity contribution in [2.75, 3.05) is 43.4 Å². The molecule has 1 fully saturated rings. The number of nitrogens with one attached hydrogen (secondary N) is 1. The molecule has 29 heavy (non-hydrogen) atoms. The number of carbonyl (C=O) groups excluding carboxylic acids is 1. The summed E-state index contributed by atoms with van der Waals surface area (Å²) in [5, 5.41) is 5.17. The van der Waals surface area contributed by atoms with Crippen LogP contribution in [0, 0.1) is 11.3 Å². The maximum Gasteiger partial charge on any atom is 0.256 e. The minimum absolute atomic E-state index is 0.0315. The second-order valence-electron chi connectivity index (χ2n) is 9.65. The number of benzene rings is 1. The van der Waals surface area contributed by atoms with Crippen LogP contribution >= 0.6 is 11.3 Å². The molecule has 1 aliphatic heterocycles. The van der Waals surface area contributed by atoms with Crippen molar-refractivity contribution in [3.8, 4) is 0 Å². The molecule has 1 unspecified atom stereocenters. The molecule has 1 aromatic carbocycles. The fourth-order valence-corrected chi connectivity index (χ4v) is 5.62. The van der Waals surface area contributed by atoms with Crippen molar-refractivity contribution in [3.05, 3.63) is 45.6 Å². The van der Waals surface area contributed by atoms with E-state index in [-0.39, 0.29) is 5.91 Å². The number of piperazine rings is 1. The second-order valence-corrected chi connectivity index (χ2v) is 10.6. The van der Waals surface area contributed by atoms with Gasteiger partial charge >= 0.3 is 0 Å². The molecular formula is C24H33N3OS. The van der Waals surface area contributed by atoms with Crippen LogP contribution in [0.5, 0.6) is 0 Å². The van der Waals surface area contributed by atoms with Gasteiger partial charge in [-0.15, -0.1) is 11.3 Å². The van der Waals surface area contributed by atoms with Crippen LogP contribution in [0.2, 0.25) is 0 Å². The highest BCUT2D eigenvalue weighted by Crippen LogP contribution is 2.40.